The van der Waals surface area contributed by atoms with Gasteiger partial charge in [-0.2, -0.15) is 5.10 Å². The van der Waals surface area contributed by atoms with Crippen LogP contribution >= 0.6 is 11.6 Å². The van der Waals surface area contributed by atoms with Gasteiger partial charge in [0.1, 0.15) is 5.69 Å². The minimum absolute atomic E-state index is 0.129. The van der Waals surface area contributed by atoms with Crippen molar-refractivity contribution in [2.45, 2.75) is 13.0 Å². The third kappa shape index (κ3) is 4.47. The third-order valence-corrected chi connectivity index (χ3v) is 5.03. The van der Waals surface area contributed by atoms with E-state index in [-0.39, 0.29) is 11.6 Å². The SMILES string of the molecule is O=C(NNCc1ccc(-c2cccc(Cl)c2)cc1)c1cc(C(=O)N2CCC2)[nH]n1. The van der Waals surface area contributed by atoms with Crippen molar-refractivity contribution < 1.29 is 9.59 Å². The van der Waals surface area contributed by atoms with E-state index in [9.17, 15) is 9.59 Å². The summed E-state index contributed by atoms with van der Waals surface area (Å²) in [4.78, 5) is 26.0. The molecular formula is C21H20ClN5O2. The fourth-order valence-electron chi connectivity index (χ4n) is 3.01. The van der Waals surface area contributed by atoms with Crippen LogP contribution in [0.25, 0.3) is 11.1 Å². The van der Waals surface area contributed by atoms with Crippen molar-refractivity contribution in [1.82, 2.24) is 25.9 Å². The maximum Gasteiger partial charge on any atom is 0.285 e. The van der Waals surface area contributed by atoms with E-state index < -0.39 is 5.91 Å². The minimum Gasteiger partial charge on any atom is -0.337 e. The topological polar surface area (TPSA) is 90.1 Å². The molecule has 3 aromatic rings. The lowest BCUT2D eigenvalue weighted by Crippen LogP contribution is -2.42. The average Bonchev–Trinajstić information content (AvgIpc) is 3.17. The number of H-pyrrole nitrogens is 1. The van der Waals surface area contributed by atoms with Crippen LogP contribution in [0, 0.1) is 0 Å². The number of hydrogen-bond acceptors (Lipinski definition) is 4. The van der Waals surface area contributed by atoms with Crippen molar-refractivity contribution in [2.75, 3.05) is 13.1 Å². The zero-order valence-corrected chi connectivity index (χ0v) is 16.4. The highest BCUT2D eigenvalue weighted by molar-refractivity contribution is 6.30. The molecule has 1 aliphatic heterocycles. The Hall–Kier alpha value is -3.16. The first-order valence-corrected chi connectivity index (χ1v) is 9.71. The van der Waals surface area contributed by atoms with Crippen molar-refractivity contribution >= 4 is 23.4 Å². The van der Waals surface area contributed by atoms with Gasteiger partial charge in [-0.05, 0) is 35.2 Å². The summed E-state index contributed by atoms with van der Waals surface area (Å²) < 4.78 is 0. The number of amides is 2. The van der Waals surface area contributed by atoms with Gasteiger partial charge >= 0.3 is 0 Å². The van der Waals surface area contributed by atoms with Gasteiger partial charge in [0.05, 0.1) is 0 Å². The molecule has 2 amide bonds. The molecule has 1 fully saturated rings. The van der Waals surface area contributed by atoms with Gasteiger partial charge in [-0.1, -0.05) is 48.0 Å². The first kappa shape index (κ1) is 19.2. The highest BCUT2D eigenvalue weighted by atomic mass is 35.5. The molecule has 0 bridgehead atoms. The van der Waals surface area contributed by atoms with Crippen LogP contribution in [0.15, 0.2) is 54.6 Å². The van der Waals surface area contributed by atoms with Gasteiger partial charge in [0, 0.05) is 30.7 Å². The number of benzene rings is 2. The van der Waals surface area contributed by atoms with Crippen molar-refractivity contribution in [3.05, 3.63) is 76.6 Å². The number of aromatic amines is 1. The van der Waals surface area contributed by atoms with Crippen LogP contribution in [-0.2, 0) is 6.54 Å². The van der Waals surface area contributed by atoms with Crippen molar-refractivity contribution in [2.24, 2.45) is 0 Å². The molecule has 4 rings (SSSR count). The molecule has 1 aromatic heterocycles. The number of nitrogens with one attached hydrogen (secondary N) is 3. The normalized spacial score (nSPS) is 13.1. The zero-order valence-electron chi connectivity index (χ0n) is 15.6. The molecule has 0 saturated carbocycles. The number of aromatic nitrogens is 2. The summed E-state index contributed by atoms with van der Waals surface area (Å²) in [5, 5.41) is 7.25. The van der Waals surface area contributed by atoms with Crippen LogP contribution in [0.3, 0.4) is 0 Å². The Labute approximate surface area is 173 Å². The first-order valence-electron chi connectivity index (χ1n) is 9.33. The molecule has 2 aromatic carbocycles. The predicted molar refractivity (Wildman–Crippen MR) is 110 cm³/mol. The molecule has 0 radical (unpaired) electrons. The van der Waals surface area contributed by atoms with Gasteiger partial charge in [-0.25, -0.2) is 5.43 Å². The molecular weight excluding hydrogens is 390 g/mol. The Bertz CT molecular complexity index is 1030. The van der Waals surface area contributed by atoms with Crippen LogP contribution in [0.5, 0.6) is 0 Å². The summed E-state index contributed by atoms with van der Waals surface area (Å²) in [5.41, 5.74) is 9.09. The van der Waals surface area contributed by atoms with Crippen LogP contribution in [0.4, 0.5) is 0 Å². The average molecular weight is 410 g/mol. The van der Waals surface area contributed by atoms with E-state index in [1.54, 1.807) is 4.90 Å². The molecule has 7 nitrogen and oxygen atoms in total. The van der Waals surface area contributed by atoms with Gasteiger partial charge in [0.25, 0.3) is 11.8 Å². The van der Waals surface area contributed by atoms with Gasteiger partial charge in [0.2, 0.25) is 0 Å². The molecule has 8 heteroatoms. The Balaban J connectivity index is 1.29. The maximum absolute atomic E-state index is 12.2. The number of carbonyl (C=O) groups excluding carboxylic acids is 2. The van der Waals surface area contributed by atoms with Crippen LogP contribution in [0.1, 0.15) is 33.0 Å². The third-order valence-electron chi connectivity index (χ3n) is 4.79. The van der Waals surface area contributed by atoms with Gasteiger partial charge in [0.15, 0.2) is 5.69 Å². The van der Waals surface area contributed by atoms with Gasteiger partial charge < -0.3 is 4.90 Å². The summed E-state index contributed by atoms with van der Waals surface area (Å²) in [5.74, 6) is -0.532. The zero-order chi connectivity index (χ0) is 20.2. The monoisotopic (exact) mass is 409 g/mol. The number of carbonyl (C=O) groups is 2. The second kappa shape index (κ2) is 8.46. The van der Waals surface area contributed by atoms with E-state index in [0.717, 1.165) is 36.2 Å². The smallest absolute Gasteiger partial charge is 0.285 e. The summed E-state index contributed by atoms with van der Waals surface area (Å²) in [7, 11) is 0. The number of halogens is 1. The van der Waals surface area contributed by atoms with Crippen molar-refractivity contribution in [3.8, 4) is 11.1 Å². The fraction of sp³-hybridized carbons (Fsp3) is 0.190. The lowest BCUT2D eigenvalue weighted by atomic mass is 10.0. The molecule has 0 spiro atoms. The second-order valence-corrected chi connectivity index (χ2v) is 7.26. The minimum atomic E-state index is -0.403. The first-order chi connectivity index (χ1) is 14.1. The molecule has 0 aliphatic carbocycles. The molecule has 3 N–H and O–H groups in total. The molecule has 2 heterocycles. The lowest BCUT2D eigenvalue weighted by Gasteiger charge is -2.30. The van der Waals surface area contributed by atoms with E-state index in [1.807, 2.05) is 48.5 Å². The standard InChI is InChI=1S/C21H20ClN5O2/c22-17-4-1-3-16(11-17)15-7-5-14(6-8-15)13-23-26-20(28)18-12-19(25-24-18)21(29)27-9-2-10-27/h1,3-8,11-12,23H,2,9-10,13H2,(H,24,25)(H,26,28). The van der Waals surface area contributed by atoms with E-state index in [0.29, 0.717) is 17.3 Å². The van der Waals surface area contributed by atoms with Crippen molar-refractivity contribution in [3.63, 3.8) is 0 Å². The van der Waals surface area contributed by atoms with Crippen LogP contribution < -0.4 is 10.9 Å². The number of hydrazine groups is 1. The lowest BCUT2D eigenvalue weighted by molar-refractivity contribution is 0.0645. The Morgan fingerprint density at radius 2 is 1.86 bits per heavy atom. The number of hydrogen-bond donors (Lipinski definition) is 3. The Kier molecular flexibility index (Phi) is 5.59. The van der Waals surface area contributed by atoms with Crippen LogP contribution in [-0.4, -0.2) is 40.0 Å². The van der Waals surface area contributed by atoms with E-state index in [2.05, 4.69) is 21.0 Å². The van der Waals surface area contributed by atoms with E-state index in [1.165, 1.54) is 6.07 Å². The summed E-state index contributed by atoms with van der Waals surface area (Å²) >= 11 is 6.04. The molecule has 1 saturated heterocycles. The number of nitrogens with zero attached hydrogens (tertiary/aromatic N) is 2. The largest absolute Gasteiger partial charge is 0.337 e. The predicted octanol–water partition coefficient (Wildman–Crippen LogP) is 3.01. The summed E-state index contributed by atoms with van der Waals surface area (Å²) in [6.07, 6.45) is 1.01. The molecule has 1 aliphatic rings. The highest BCUT2D eigenvalue weighted by Gasteiger charge is 2.24. The van der Waals surface area contributed by atoms with Crippen LogP contribution in [0.2, 0.25) is 5.02 Å². The summed E-state index contributed by atoms with van der Waals surface area (Å²) in [6, 6.07) is 17.1. The summed E-state index contributed by atoms with van der Waals surface area (Å²) in [6.45, 7) is 1.94. The number of likely N-dealkylation sites (tertiary alicyclic amines) is 1. The number of rotatable bonds is 6. The second-order valence-electron chi connectivity index (χ2n) is 6.83. The fourth-order valence-corrected chi connectivity index (χ4v) is 3.20. The van der Waals surface area contributed by atoms with Gasteiger partial charge in [-0.15, -0.1) is 0 Å². The van der Waals surface area contributed by atoms with E-state index >= 15 is 0 Å². The molecule has 148 valence electrons. The molecule has 0 atom stereocenters. The quantitative estimate of drug-likeness (QED) is 0.546. The molecule has 29 heavy (non-hydrogen) atoms. The van der Waals surface area contributed by atoms with E-state index in [4.69, 9.17) is 11.6 Å². The maximum atomic E-state index is 12.2. The van der Waals surface area contributed by atoms with Crippen molar-refractivity contribution in [1.29, 1.82) is 0 Å². The molecule has 0 unspecified atom stereocenters. The highest BCUT2D eigenvalue weighted by Crippen LogP contribution is 2.23. The Morgan fingerprint density at radius 3 is 2.55 bits per heavy atom. The Morgan fingerprint density at radius 1 is 1.07 bits per heavy atom. The van der Waals surface area contributed by atoms with Gasteiger partial charge in [-0.3, -0.25) is 20.1 Å².